The summed E-state index contributed by atoms with van der Waals surface area (Å²) in [4.78, 5) is 23.5. The lowest BCUT2D eigenvalue weighted by Crippen LogP contribution is -2.46. The molecular weight excluding hydrogens is 326 g/mol. The zero-order valence-corrected chi connectivity index (χ0v) is 15.3. The zero-order valence-electron chi connectivity index (χ0n) is 15.3. The van der Waals surface area contributed by atoms with Gasteiger partial charge in [0.1, 0.15) is 0 Å². The molecule has 5 nitrogen and oxygen atoms in total. The number of benzene rings is 1. The van der Waals surface area contributed by atoms with Crippen molar-refractivity contribution < 1.29 is 9.59 Å². The molecule has 4 fully saturated rings. The molecule has 0 heterocycles. The molecule has 4 bridgehead atoms. The quantitative estimate of drug-likeness (QED) is 0.706. The van der Waals surface area contributed by atoms with Crippen molar-refractivity contribution in [2.24, 2.45) is 28.9 Å². The lowest BCUT2D eigenvalue weighted by molar-refractivity contribution is -0.112. The summed E-state index contributed by atoms with van der Waals surface area (Å²) >= 11 is 0. The third kappa shape index (κ3) is 3.35. The minimum atomic E-state index is -0.619. The molecule has 1 aromatic carbocycles. The van der Waals surface area contributed by atoms with Gasteiger partial charge in [0.05, 0.1) is 0 Å². The average molecular weight is 353 g/mol. The molecule has 0 radical (unpaired) electrons. The summed E-state index contributed by atoms with van der Waals surface area (Å²) in [5, 5.41) is 5.43. The van der Waals surface area contributed by atoms with Gasteiger partial charge in [-0.2, -0.15) is 0 Å². The number of anilines is 2. The largest absolute Gasteiger partial charge is 0.351 e. The van der Waals surface area contributed by atoms with Crippen LogP contribution < -0.4 is 16.4 Å². The van der Waals surface area contributed by atoms with Crippen LogP contribution in [0.25, 0.3) is 0 Å². The maximum Gasteiger partial charge on any atom is 0.316 e. The van der Waals surface area contributed by atoms with Crippen LogP contribution in [-0.4, -0.2) is 11.9 Å². The Labute approximate surface area is 154 Å². The Balaban J connectivity index is 1.46. The molecule has 0 saturated heterocycles. The zero-order chi connectivity index (χ0) is 18.3. The van der Waals surface area contributed by atoms with Crippen LogP contribution in [0.2, 0.25) is 0 Å². The molecule has 4 aliphatic carbocycles. The number of allylic oxidation sites excluding steroid dienone is 1. The number of carbonyl (C=O) groups excluding carboxylic acids is 2. The number of rotatable bonds is 4. The van der Waals surface area contributed by atoms with Crippen LogP contribution in [0.4, 0.5) is 16.2 Å². The summed E-state index contributed by atoms with van der Waals surface area (Å²) < 4.78 is 0. The van der Waals surface area contributed by atoms with Crippen molar-refractivity contribution in [3.8, 4) is 0 Å². The molecule has 0 aromatic heterocycles. The fraction of sp³-hybridized carbons (Fsp3) is 0.524. The van der Waals surface area contributed by atoms with E-state index in [1.165, 1.54) is 44.1 Å². The molecule has 26 heavy (non-hydrogen) atoms. The van der Waals surface area contributed by atoms with Gasteiger partial charge in [-0.05, 0) is 86.8 Å². The predicted molar refractivity (Wildman–Crippen MR) is 103 cm³/mol. The van der Waals surface area contributed by atoms with E-state index < -0.39 is 6.03 Å². The van der Waals surface area contributed by atoms with Gasteiger partial charge in [-0.25, -0.2) is 4.79 Å². The minimum absolute atomic E-state index is 0.102. The van der Waals surface area contributed by atoms with Gasteiger partial charge in [0.25, 0.3) is 0 Å². The van der Waals surface area contributed by atoms with Gasteiger partial charge in [-0.3, -0.25) is 4.79 Å². The van der Waals surface area contributed by atoms with Crippen LogP contribution in [-0.2, 0) is 4.79 Å². The first kappa shape index (κ1) is 17.1. The van der Waals surface area contributed by atoms with Crippen molar-refractivity contribution in [2.75, 3.05) is 10.6 Å². The third-order valence-corrected chi connectivity index (χ3v) is 6.62. The van der Waals surface area contributed by atoms with Crippen LogP contribution in [0, 0.1) is 23.2 Å². The van der Waals surface area contributed by atoms with Crippen molar-refractivity contribution in [1.82, 2.24) is 0 Å². The molecule has 3 amide bonds. The topological polar surface area (TPSA) is 84.2 Å². The van der Waals surface area contributed by atoms with E-state index in [9.17, 15) is 9.59 Å². The molecule has 4 aliphatic rings. The number of urea groups is 1. The first-order valence-corrected chi connectivity index (χ1v) is 9.58. The van der Waals surface area contributed by atoms with Gasteiger partial charge in [0.2, 0.25) is 5.91 Å². The molecule has 5 rings (SSSR count). The normalized spacial score (nSPS) is 32.3. The van der Waals surface area contributed by atoms with Crippen LogP contribution in [0.15, 0.2) is 35.9 Å². The van der Waals surface area contributed by atoms with E-state index in [0.29, 0.717) is 11.4 Å². The van der Waals surface area contributed by atoms with Crippen LogP contribution in [0.3, 0.4) is 0 Å². The Hall–Kier alpha value is -2.30. The number of primary amides is 1. The highest BCUT2D eigenvalue weighted by atomic mass is 16.2. The van der Waals surface area contributed by atoms with E-state index in [2.05, 4.69) is 17.6 Å². The van der Waals surface area contributed by atoms with Crippen molar-refractivity contribution >= 4 is 23.3 Å². The van der Waals surface area contributed by atoms with Crippen molar-refractivity contribution in [1.29, 1.82) is 0 Å². The number of hydrogen-bond acceptors (Lipinski definition) is 2. The molecule has 5 heteroatoms. The number of nitrogens with one attached hydrogen (secondary N) is 2. The van der Waals surface area contributed by atoms with E-state index >= 15 is 0 Å². The van der Waals surface area contributed by atoms with Gasteiger partial charge in [-0.15, -0.1) is 0 Å². The SMILES string of the molecule is C/C(=C/C(=O)Nc1cccc(NC(N)=O)c1)C12CC3CC(CC(C3)C1)C2. The highest BCUT2D eigenvalue weighted by molar-refractivity contribution is 6.00. The molecule has 138 valence electrons. The van der Waals surface area contributed by atoms with E-state index in [1.54, 1.807) is 30.3 Å². The summed E-state index contributed by atoms with van der Waals surface area (Å²) in [7, 11) is 0. The van der Waals surface area contributed by atoms with Gasteiger partial charge in [0.15, 0.2) is 0 Å². The summed E-state index contributed by atoms with van der Waals surface area (Å²) in [6.07, 6.45) is 9.77. The van der Waals surface area contributed by atoms with Crippen molar-refractivity contribution in [3.05, 3.63) is 35.9 Å². The molecular formula is C21H27N3O2. The lowest BCUT2D eigenvalue weighted by Gasteiger charge is -2.57. The standard InChI is InChI=1S/C21H27N3O2/c1-13(21-10-14-6-15(11-21)8-16(7-14)12-21)5-19(25)23-17-3-2-4-18(9-17)24-20(22)26/h2-5,9,14-16H,6-8,10-12H2,1H3,(H,23,25)(H3,22,24,26)/b13-5-. The molecule has 0 unspecified atom stereocenters. The van der Waals surface area contributed by atoms with E-state index in [1.807, 2.05) is 0 Å². The highest BCUT2D eigenvalue weighted by Crippen LogP contribution is 2.62. The van der Waals surface area contributed by atoms with Crippen LogP contribution in [0.1, 0.15) is 45.4 Å². The summed E-state index contributed by atoms with van der Waals surface area (Å²) in [6.45, 7) is 2.14. The smallest absolute Gasteiger partial charge is 0.316 e. The Morgan fingerprint density at radius 1 is 1.04 bits per heavy atom. The summed E-state index contributed by atoms with van der Waals surface area (Å²) in [5.74, 6) is 2.49. The molecule has 0 aliphatic heterocycles. The maximum atomic E-state index is 12.5. The monoisotopic (exact) mass is 353 g/mol. The second-order valence-corrected chi connectivity index (χ2v) is 8.58. The Bertz CT molecular complexity index is 733. The van der Waals surface area contributed by atoms with Crippen molar-refractivity contribution in [2.45, 2.75) is 45.4 Å². The first-order valence-electron chi connectivity index (χ1n) is 9.58. The van der Waals surface area contributed by atoms with Crippen LogP contribution >= 0.6 is 0 Å². The van der Waals surface area contributed by atoms with E-state index in [-0.39, 0.29) is 11.3 Å². The number of carbonyl (C=O) groups is 2. The van der Waals surface area contributed by atoms with Gasteiger partial charge in [0, 0.05) is 17.5 Å². The molecule has 4 N–H and O–H groups in total. The maximum absolute atomic E-state index is 12.5. The Kier molecular flexibility index (Phi) is 4.25. The molecule has 0 spiro atoms. The van der Waals surface area contributed by atoms with Gasteiger partial charge < -0.3 is 16.4 Å². The number of hydrogen-bond donors (Lipinski definition) is 3. The van der Waals surface area contributed by atoms with E-state index in [4.69, 9.17) is 5.73 Å². The molecule has 1 aromatic rings. The average Bonchev–Trinajstić information content (AvgIpc) is 2.53. The van der Waals surface area contributed by atoms with Crippen LogP contribution in [0.5, 0.6) is 0 Å². The van der Waals surface area contributed by atoms with Gasteiger partial charge in [-0.1, -0.05) is 11.6 Å². The summed E-state index contributed by atoms with van der Waals surface area (Å²) in [6, 6.07) is 6.40. The minimum Gasteiger partial charge on any atom is -0.351 e. The fourth-order valence-corrected chi connectivity index (χ4v) is 5.94. The second kappa shape index (κ2) is 6.45. The fourth-order valence-electron chi connectivity index (χ4n) is 5.94. The second-order valence-electron chi connectivity index (χ2n) is 8.58. The Morgan fingerprint density at radius 3 is 2.12 bits per heavy atom. The number of nitrogens with two attached hydrogens (primary N) is 1. The Morgan fingerprint density at radius 2 is 1.58 bits per heavy atom. The van der Waals surface area contributed by atoms with Gasteiger partial charge >= 0.3 is 6.03 Å². The number of amides is 3. The third-order valence-electron chi connectivity index (χ3n) is 6.62. The van der Waals surface area contributed by atoms with E-state index in [0.717, 1.165) is 17.8 Å². The highest BCUT2D eigenvalue weighted by Gasteiger charge is 2.51. The summed E-state index contributed by atoms with van der Waals surface area (Å²) in [5.41, 5.74) is 7.84. The lowest BCUT2D eigenvalue weighted by atomic mass is 9.48. The predicted octanol–water partition coefficient (Wildman–Crippen LogP) is 4.28. The molecule has 4 saturated carbocycles. The molecule has 0 atom stereocenters. The van der Waals surface area contributed by atoms with Crippen molar-refractivity contribution in [3.63, 3.8) is 0 Å². The first-order chi connectivity index (χ1) is 12.4.